The number of nitrogens with zero attached hydrogens (tertiary/aromatic N) is 1. The predicted molar refractivity (Wildman–Crippen MR) is 63.6 cm³/mol. The fourth-order valence-corrected chi connectivity index (χ4v) is 3.72. The van der Waals surface area contributed by atoms with Gasteiger partial charge in [-0.25, -0.2) is 8.42 Å². The van der Waals surface area contributed by atoms with Gasteiger partial charge in [-0.15, -0.1) is 0 Å². The quantitative estimate of drug-likeness (QED) is 0.653. The summed E-state index contributed by atoms with van der Waals surface area (Å²) >= 11 is 0. The first-order valence-corrected chi connectivity index (χ1v) is 7.84. The van der Waals surface area contributed by atoms with E-state index >= 15 is 0 Å². The van der Waals surface area contributed by atoms with E-state index in [1.165, 1.54) is 0 Å². The standard InChI is InChI=1S/C11H19NO4S/c13-10-11(1-5-16-6-2-11)9-12-3-7-17(14,15)8-4-12/h10H,1-9H2. The van der Waals surface area contributed by atoms with E-state index in [1.54, 1.807) is 0 Å². The highest BCUT2D eigenvalue weighted by molar-refractivity contribution is 7.91. The van der Waals surface area contributed by atoms with Crippen molar-refractivity contribution in [3.05, 3.63) is 0 Å². The molecule has 0 unspecified atom stereocenters. The van der Waals surface area contributed by atoms with Crippen LogP contribution in [0.4, 0.5) is 0 Å². The van der Waals surface area contributed by atoms with Gasteiger partial charge in [-0.05, 0) is 12.8 Å². The lowest BCUT2D eigenvalue weighted by molar-refractivity contribution is -0.123. The van der Waals surface area contributed by atoms with Crippen molar-refractivity contribution in [1.82, 2.24) is 4.90 Å². The van der Waals surface area contributed by atoms with Crippen LogP contribution in [0.15, 0.2) is 0 Å². The van der Waals surface area contributed by atoms with Crippen LogP contribution in [0.3, 0.4) is 0 Å². The minimum Gasteiger partial charge on any atom is -0.381 e. The summed E-state index contributed by atoms with van der Waals surface area (Å²) in [7, 11) is -2.84. The average Bonchev–Trinajstić information content (AvgIpc) is 2.33. The lowest BCUT2D eigenvalue weighted by atomic mass is 9.81. The summed E-state index contributed by atoms with van der Waals surface area (Å²) in [6.45, 7) is 3.04. The molecule has 0 bridgehead atoms. The molecule has 0 aromatic heterocycles. The van der Waals surface area contributed by atoms with Crippen LogP contribution >= 0.6 is 0 Å². The molecule has 2 aliphatic heterocycles. The number of carbonyl (C=O) groups excluding carboxylic acids is 1. The Bertz CT molecular complexity index is 359. The Morgan fingerprint density at radius 3 is 2.29 bits per heavy atom. The molecule has 0 aliphatic carbocycles. The molecule has 2 rings (SSSR count). The normalized spacial score (nSPS) is 28.7. The zero-order valence-electron chi connectivity index (χ0n) is 9.93. The van der Waals surface area contributed by atoms with Crippen LogP contribution in [0.1, 0.15) is 12.8 Å². The summed E-state index contributed by atoms with van der Waals surface area (Å²) in [4.78, 5) is 13.4. The van der Waals surface area contributed by atoms with Crippen molar-refractivity contribution in [2.45, 2.75) is 12.8 Å². The number of ether oxygens (including phenoxy) is 1. The van der Waals surface area contributed by atoms with E-state index in [0.29, 0.717) is 32.8 Å². The fraction of sp³-hybridized carbons (Fsp3) is 0.909. The van der Waals surface area contributed by atoms with Gasteiger partial charge in [0.1, 0.15) is 6.29 Å². The molecule has 98 valence electrons. The summed E-state index contributed by atoms with van der Waals surface area (Å²) in [5.41, 5.74) is -0.320. The monoisotopic (exact) mass is 261 g/mol. The van der Waals surface area contributed by atoms with Gasteiger partial charge < -0.3 is 14.4 Å². The summed E-state index contributed by atoms with van der Waals surface area (Å²) in [6, 6.07) is 0. The zero-order chi connectivity index (χ0) is 12.4. The van der Waals surface area contributed by atoms with Crippen LogP contribution in [0.5, 0.6) is 0 Å². The molecule has 2 fully saturated rings. The molecule has 0 amide bonds. The van der Waals surface area contributed by atoms with Crippen molar-refractivity contribution >= 4 is 16.1 Å². The minimum absolute atomic E-state index is 0.221. The highest BCUT2D eigenvalue weighted by Crippen LogP contribution is 2.29. The average molecular weight is 261 g/mol. The SMILES string of the molecule is O=CC1(CN2CCS(=O)(=O)CC2)CCOCC1. The Kier molecular flexibility index (Phi) is 3.85. The maximum absolute atomic E-state index is 11.3. The van der Waals surface area contributed by atoms with Crippen LogP contribution in [-0.4, -0.2) is 64.0 Å². The highest BCUT2D eigenvalue weighted by Gasteiger charge is 2.35. The minimum atomic E-state index is -2.84. The largest absolute Gasteiger partial charge is 0.381 e. The van der Waals surface area contributed by atoms with E-state index in [-0.39, 0.29) is 16.9 Å². The van der Waals surface area contributed by atoms with Gasteiger partial charge in [-0.1, -0.05) is 0 Å². The van der Waals surface area contributed by atoms with E-state index in [0.717, 1.165) is 19.1 Å². The van der Waals surface area contributed by atoms with Crippen LogP contribution < -0.4 is 0 Å². The highest BCUT2D eigenvalue weighted by atomic mass is 32.2. The Labute approximate surface area is 102 Å². The van der Waals surface area contributed by atoms with Gasteiger partial charge in [0.15, 0.2) is 9.84 Å². The van der Waals surface area contributed by atoms with Crippen LogP contribution in [-0.2, 0) is 19.4 Å². The first-order chi connectivity index (χ1) is 8.05. The molecular weight excluding hydrogens is 242 g/mol. The Morgan fingerprint density at radius 2 is 1.76 bits per heavy atom. The van der Waals surface area contributed by atoms with E-state index in [1.807, 2.05) is 0 Å². The summed E-state index contributed by atoms with van der Waals surface area (Å²) < 4.78 is 27.9. The van der Waals surface area contributed by atoms with Gasteiger partial charge >= 0.3 is 0 Å². The second-order valence-corrected chi connectivity index (χ2v) is 7.32. The third-order valence-corrected chi connectivity index (χ3v) is 5.32. The third kappa shape index (κ3) is 3.26. The maximum atomic E-state index is 11.3. The van der Waals surface area contributed by atoms with Crippen LogP contribution in [0.25, 0.3) is 0 Å². The molecule has 17 heavy (non-hydrogen) atoms. The number of rotatable bonds is 3. The van der Waals surface area contributed by atoms with Crippen molar-refractivity contribution in [1.29, 1.82) is 0 Å². The summed E-state index contributed by atoms with van der Waals surface area (Å²) in [5, 5.41) is 0. The van der Waals surface area contributed by atoms with Gasteiger partial charge in [0.05, 0.1) is 11.5 Å². The molecular formula is C11H19NO4S. The molecule has 0 aromatic carbocycles. The number of hydrogen-bond acceptors (Lipinski definition) is 5. The van der Waals surface area contributed by atoms with Crippen LogP contribution in [0, 0.1) is 5.41 Å². The van der Waals surface area contributed by atoms with Gasteiger partial charge in [-0.3, -0.25) is 0 Å². The Morgan fingerprint density at radius 1 is 1.18 bits per heavy atom. The van der Waals surface area contributed by atoms with Gasteiger partial charge in [0.2, 0.25) is 0 Å². The fourth-order valence-electron chi connectivity index (χ4n) is 2.44. The van der Waals surface area contributed by atoms with Crippen LogP contribution in [0.2, 0.25) is 0 Å². The molecule has 2 saturated heterocycles. The molecule has 0 spiro atoms. The molecule has 0 N–H and O–H groups in total. The van der Waals surface area contributed by atoms with Crippen molar-refractivity contribution < 1.29 is 17.9 Å². The topological polar surface area (TPSA) is 63.7 Å². The molecule has 0 saturated carbocycles. The molecule has 6 heteroatoms. The first-order valence-electron chi connectivity index (χ1n) is 6.02. The maximum Gasteiger partial charge on any atom is 0.152 e. The smallest absolute Gasteiger partial charge is 0.152 e. The third-order valence-electron chi connectivity index (χ3n) is 3.71. The second kappa shape index (κ2) is 5.04. The summed E-state index contributed by atoms with van der Waals surface area (Å²) in [6.07, 6.45) is 2.54. The Hall–Kier alpha value is -0.460. The van der Waals surface area contributed by atoms with Crippen molar-refractivity contribution in [3.63, 3.8) is 0 Å². The second-order valence-electron chi connectivity index (χ2n) is 5.02. The molecule has 2 aliphatic rings. The van der Waals surface area contributed by atoms with E-state index in [2.05, 4.69) is 4.90 Å². The number of aldehydes is 1. The molecule has 2 heterocycles. The van der Waals surface area contributed by atoms with E-state index in [4.69, 9.17) is 4.74 Å². The van der Waals surface area contributed by atoms with Crippen molar-refractivity contribution in [2.75, 3.05) is 44.4 Å². The zero-order valence-corrected chi connectivity index (χ0v) is 10.7. The predicted octanol–water partition coefficient (Wildman–Crippen LogP) is -0.287. The Balaban J connectivity index is 1.93. The van der Waals surface area contributed by atoms with E-state index in [9.17, 15) is 13.2 Å². The molecule has 5 nitrogen and oxygen atoms in total. The van der Waals surface area contributed by atoms with Crippen molar-refractivity contribution in [2.24, 2.45) is 5.41 Å². The lowest BCUT2D eigenvalue weighted by Crippen LogP contribution is -2.48. The number of sulfone groups is 1. The van der Waals surface area contributed by atoms with Gasteiger partial charge in [0.25, 0.3) is 0 Å². The van der Waals surface area contributed by atoms with Gasteiger partial charge in [-0.2, -0.15) is 0 Å². The molecule has 0 aromatic rings. The summed E-state index contributed by atoms with van der Waals surface area (Å²) in [5.74, 6) is 0.441. The number of hydrogen-bond donors (Lipinski definition) is 0. The molecule has 0 atom stereocenters. The molecule has 0 radical (unpaired) electrons. The van der Waals surface area contributed by atoms with E-state index < -0.39 is 9.84 Å². The number of carbonyl (C=O) groups is 1. The van der Waals surface area contributed by atoms with Crippen molar-refractivity contribution in [3.8, 4) is 0 Å². The van der Waals surface area contributed by atoms with Gasteiger partial charge in [0, 0.05) is 38.3 Å². The lowest BCUT2D eigenvalue weighted by Gasteiger charge is -2.38. The first kappa shape index (κ1) is 13.0.